The topological polar surface area (TPSA) is 138 Å². The average Bonchev–Trinajstić information content (AvgIpc) is 2.93. The van der Waals surface area contributed by atoms with Crippen LogP contribution in [0, 0.1) is 30.6 Å². The number of rotatable bonds is 4. The van der Waals surface area contributed by atoms with Crippen molar-refractivity contribution in [1.82, 2.24) is 0 Å². The molecule has 12 heteroatoms. The molecule has 2 aliphatic rings. The lowest BCUT2D eigenvalue weighted by Crippen LogP contribution is -2.44. The van der Waals surface area contributed by atoms with Gasteiger partial charge in [-0.25, -0.2) is 0 Å². The first-order chi connectivity index (χ1) is 10.8. The van der Waals surface area contributed by atoms with Crippen molar-refractivity contribution in [1.29, 1.82) is 0 Å². The van der Waals surface area contributed by atoms with E-state index in [2.05, 4.69) is 0 Å². The van der Waals surface area contributed by atoms with Crippen molar-refractivity contribution >= 4 is 16.1 Å². The summed E-state index contributed by atoms with van der Waals surface area (Å²) in [5.74, 6) is 0. The number of nitro groups is 2. The summed E-state index contributed by atoms with van der Waals surface area (Å²) >= 11 is 0. The molecule has 0 bridgehead atoms. The van der Waals surface area contributed by atoms with Crippen LogP contribution in [-0.4, -0.2) is 59.9 Å². The first kappa shape index (κ1) is 18.8. The number of azo groups is 1. The van der Waals surface area contributed by atoms with Gasteiger partial charge in [-0.05, 0) is 0 Å². The van der Waals surface area contributed by atoms with E-state index in [0.717, 1.165) is 0 Å². The molecule has 2 heterocycles. The second kappa shape index (κ2) is 6.06. The summed E-state index contributed by atoms with van der Waals surface area (Å²) in [6.45, 7) is 7.83. The Morgan fingerprint density at radius 1 is 0.625 bits per heavy atom. The minimum atomic E-state index is -1.92. The molecule has 0 saturated carbocycles. The number of hydroxylamine groups is 2. The molecule has 4 atom stereocenters. The van der Waals surface area contributed by atoms with Gasteiger partial charge in [0.15, 0.2) is 0 Å². The van der Waals surface area contributed by atoms with Crippen LogP contribution in [0.1, 0.15) is 0 Å². The molecule has 0 N–H and O–H groups in total. The van der Waals surface area contributed by atoms with Crippen molar-refractivity contribution in [3.63, 3.8) is 0 Å². The molecule has 2 rings (SSSR count). The van der Waals surface area contributed by atoms with Crippen molar-refractivity contribution in [2.24, 2.45) is 0 Å². The lowest BCUT2D eigenvalue weighted by Gasteiger charge is -2.16. The lowest BCUT2D eigenvalue weighted by molar-refractivity contribution is -1.00. The van der Waals surface area contributed by atoms with E-state index in [1.54, 1.807) is 0 Å². The van der Waals surface area contributed by atoms with Gasteiger partial charge < -0.3 is 10.4 Å². The van der Waals surface area contributed by atoms with E-state index in [4.69, 9.17) is 0 Å². The van der Waals surface area contributed by atoms with Crippen LogP contribution in [0.15, 0.2) is 0 Å². The van der Waals surface area contributed by atoms with Gasteiger partial charge in [0.2, 0.25) is 0 Å². The fourth-order valence-electron chi connectivity index (χ4n) is 4.15. The zero-order valence-electron chi connectivity index (χ0n) is 14.4. The van der Waals surface area contributed by atoms with Crippen molar-refractivity contribution in [3.8, 4) is 0 Å². The fraction of sp³-hybridized carbons (Fsp3) is 1.00. The molecule has 0 aromatic carbocycles. The largest absolute Gasteiger partial charge is 0.567 e. The third kappa shape index (κ3) is 3.58. The van der Waals surface area contributed by atoms with Gasteiger partial charge in [0, 0.05) is 43.7 Å². The Morgan fingerprint density at radius 3 is 1.12 bits per heavy atom. The highest BCUT2D eigenvalue weighted by Gasteiger charge is 2.59. The van der Waals surface area contributed by atoms with Gasteiger partial charge >= 0.3 is 0 Å². The smallest absolute Gasteiger partial charge is 0.292 e. The molecular formula is C12H24N4O6Si2. The average molecular weight is 377 g/mol. The molecular weight excluding hydrogens is 352 g/mol. The molecule has 0 unspecified atom stereocenters. The Hall–Kier alpha value is -1.57. The number of nitrogens with zero attached hydrogens (tertiary/aromatic N) is 4. The molecule has 0 aliphatic carbocycles. The standard InChI is InChI=1S/C12H24N4O6Si2/c1-23(2)5-9(11(7-23)15(19)20)13(17)14(18)10-6-24(3,4)8-12(10)16(21)22/h9-12H,5-8H2,1-4H3/b14-13+/t9-,10+,11+,12-. The van der Waals surface area contributed by atoms with Crippen molar-refractivity contribution in [3.05, 3.63) is 30.6 Å². The maximum absolute atomic E-state index is 12.6. The highest BCUT2D eigenvalue weighted by molar-refractivity contribution is 6.78. The number of hydrogen-bond acceptors (Lipinski definition) is 6. The zero-order chi connectivity index (χ0) is 18.4. The molecule has 24 heavy (non-hydrogen) atoms. The fourth-order valence-corrected chi connectivity index (χ4v) is 10.7. The monoisotopic (exact) mass is 376 g/mol. The van der Waals surface area contributed by atoms with Gasteiger partial charge in [-0.3, -0.25) is 20.2 Å². The van der Waals surface area contributed by atoms with Gasteiger partial charge in [0.1, 0.15) is 0 Å². The quantitative estimate of drug-likeness (QED) is 0.241. The summed E-state index contributed by atoms with van der Waals surface area (Å²) in [5, 5.41) is 47.6. The molecule has 10 nitrogen and oxygen atoms in total. The van der Waals surface area contributed by atoms with E-state index >= 15 is 0 Å². The zero-order valence-corrected chi connectivity index (χ0v) is 16.4. The highest BCUT2D eigenvalue weighted by Crippen LogP contribution is 2.36. The summed E-state index contributed by atoms with van der Waals surface area (Å²) in [4.78, 5) is 21.9. The third-order valence-electron chi connectivity index (χ3n) is 5.24. The molecule has 2 saturated heterocycles. The second-order valence-corrected chi connectivity index (χ2v) is 18.9. The summed E-state index contributed by atoms with van der Waals surface area (Å²) < 4.78 is 0. The summed E-state index contributed by atoms with van der Waals surface area (Å²) in [5.41, 5.74) is 0. The minimum absolute atomic E-state index is 0.145. The van der Waals surface area contributed by atoms with Crippen LogP contribution >= 0.6 is 0 Å². The molecule has 2 aliphatic heterocycles. The van der Waals surface area contributed by atoms with Crippen LogP contribution in [0.4, 0.5) is 0 Å². The Bertz CT molecular complexity index is 546. The van der Waals surface area contributed by atoms with E-state index < -0.39 is 50.2 Å². The maximum atomic E-state index is 12.6. The minimum Gasteiger partial charge on any atom is -0.567 e. The lowest BCUT2D eigenvalue weighted by atomic mass is 10.2. The van der Waals surface area contributed by atoms with Crippen LogP contribution in [0.3, 0.4) is 0 Å². The normalized spacial score (nSPS) is 35.5. The molecule has 0 amide bonds. The SMILES string of the molecule is C[Si]1(C)C[C@@H](/[N+]([O-])=[N+](\[O-])[C@H]2C[Si](C)(C)C[C@H]2[N+](=O)[O-])[C@@H]([N+](=O)[O-])C1. The van der Waals surface area contributed by atoms with E-state index in [1.165, 1.54) is 0 Å². The summed E-state index contributed by atoms with van der Waals surface area (Å²) in [6, 6.07) is -2.76. The first-order valence-electron chi connectivity index (χ1n) is 8.04. The van der Waals surface area contributed by atoms with Crippen LogP contribution < -0.4 is 0 Å². The Balaban J connectivity index is 2.35. The number of hydrogen-bond donors (Lipinski definition) is 0. The van der Waals surface area contributed by atoms with E-state index in [-0.39, 0.29) is 9.72 Å². The van der Waals surface area contributed by atoms with Crippen LogP contribution in [0.5, 0.6) is 0 Å². The van der Waals surface area contributed by atoms with E-state index in [0.29, 0.717) is 24.2 Å². The van der Waals surface area contributed by atoms with Crippen LogP contribution in [0.25, 0.3) is 0 Å². The maximum Gasteiger partial charge on any atom is 0.292 e. The Kier molecular flexibility index (Phi) is 4.74. The van der Waals surface area contributed by atoms with E-state index in [1.807, 2.05) is 26.2 Å². The summed E-state index contributed by atoms with van der Waals surface area (Å²) in [7, 11) is -3.84. The molecule has 0 aromatic rings. The Labute approximate surface area is 141 Å². The predicted molar refractivity (Wildman–Crippen MR) is 90.6 cm³/mol. The molecule has 2 fully saturated rings. The van der Waals surface area contributed by atoms with Crippen LogP contribution in [0.2, 0.25) is 50.4 Å². The first-order valence-corrected chi connectivity index (χ1v) is 14.9. The van der Waals surface area contributed by atoms with Gasteiger partial charge in [-0.2, -0.15) is 0 Å². The van der Waals surface area contributed by atoms with Crippen molar-refractivity contribution < 1.29 is 19.6 Å². The van der Waals surface area contributed by atoms with Gasteiger partial charge in [0.05, 0.1) is 16.1 Å². The van der Waals surface area contributed by atoms with Crippen LogP contribution in [-0.2, 0) is 0 Å². The molecule has 0 spiro atoms. The highest BCUT2D eigenvalue weighted by atomic mass is 28.3. The van der Waals surface area contributed by atoms with Gasteiger partial charge in [-0.1, -0.05) is 26.2 Å². The third-order valence-corrected chi connectivity index (χ3v) is 11.3. The van der Waals surface area contributed by atoms with Gasteiger partial charge in [0.25, 0.3) is 24.2 Å². The Morgan fingerprint density at radius 2 is 0.875 bits per heavy atom. The van der Waals surface area contributed by atoms with Gasteiger partial charge in [-0.15, -0.1) is 0 Å². The molecule has 0 radical (unpaired) electrons. The van der Waals surface area contributed by atoms with Crippen molar-refractivity contribution in [2.45, 2.75) is 74.5 Å². The molecule has 0 aromatic heterocycles. The second-order valence-electron chi connectivity index (χ2n) is 8.59. The summed E-state index contributed by atoms with van der Waals surface area (Å²) in [6.07, 6.45) is 0. The van der Waals surface area contributed by atoms with E-state index in [9.17, 15) is 30.6 Å². The molecule has 136 valence electrons. The van der Waals surface area contributed by atoms with Crippen molar-refractivity contribution in [2.75, 3.05) is 0 Å². The predicted octanol–water partition coefficient (Wildman–Crippen LogP) is 1.93.